The van der Waals surface area contributed by atoms with Crippen molar-refractivity contribution in [3.8, 4) is 5.75 Å². The third kappa shape index (κ3) is 14.4. The Morgan fingerprint density at radius 2 is 1.49 bits per heavy atom. The molecule has 0 spiro atoms. The molecule has 49 heavy (non-hydrogen) atoms. The van der Waals surface area contributed by atoms with Gasteiger partial charge < -0.3 is 48.7 Å². The third-order valence-corrected chi connectivity index (χ3v) is 8.20. The lowest BCUT2D eigenvalue weighted by Crippen LogP contribution is -2.59. The highest BCUT2D eigenvalue weighted by atomic mass is 16.4. The zero-order valence-electron chi connectivity index (χ0n) is 28.4. The summed E-state index contributed by atoms with van der Waals surface area (Å²) in [6.45, 7) is 4.12. The Labute approximate surface area is 287 Å². The number of aromatic hydroxyl groups is 1. The molecule has 0 saturated heterocycles. The number of carbonyl (C=O) groups excluding carboxylic acids is 5. The van der Waals surface area contributed by atoms with Gasteiger partial charge in [-0.15, -0.1) is 0 Å². The molecule has 0 radical (unpaired) electrons. The van der Waals surface area contributed by atoms with E-state index in [-0.39, 0.29) is 63.2 Å². The lowest BCUT2D eigenvalue weighted by atomic mass is 9.89. The minimum Gasteiger partial charge on any atom is -0.508 e. The summed E-state index contributed by atoms with van der Waals surface area (Å²) in [5.74, 6) is -5.19. The van der Waals surface area contributed by atoms with E-state index in [0.29, 0.717) is 24.9 Å². The monoisotopic (exact) mass is 687 g/mol. The molecule has 0 unspecified atom stereocenters. The summed E-state index contributed by atoms with van der Waals surface area (Å²) in [7, 11) is 0. The predicted octanol–water partition coefficient (Wildman–Crippen LogP) is -0.265. The number of carboxylic acids is 1. The second-order valence-corrected chi connectivity index (χ2v) is 12.9. The number of carbonyl (C=O) groups is 6. The Hall–Kier alpha value is -4.34. The number of aliphatic carboxylic acids is 1. The SMILES string of the molecule is CC(C)C[C@H](CC(=O)[C@H](Cc1ccc(O)cc1)NC(=O)[C@@H]1CC=CC[C@H](N)C(=O)N[C@@H](CCCCN)C(=O)N[C@@H](CCN)C(=O)N1)C(=O)O. The number of rotatable bonds is 16. The minimum atomic E-state index is -1.23. The van der Waals surface area contributed by atoms with Crippen LogP contribution < -0.4 is 38.5 Å². The molecule has 0 bridgehead atoms. The van der Waals surface area contributed by atoms with Gasteiger partial charge in [-0.3, -0.25) is 28.8 Å². The number of benzene rings is 1. The van der Waals surface area contributed by atoms with Crippen LogP contribution in [0, 0.1) is 11.8 Å². The maximum atomic E-state index is 13.8. The van der Waals surface area contributed by atoms with Crippen LogP contribution in [0.1, 0.15) is 70.8 Å². The molecule has 15 heteroatoms. The Bertz CT molecular complexity index is 1300. The smallest absolute Gasteiger partial charge is 0.306 e. The Kier molecular flexibility index (Phi) is 17.4. The number of nitrogens with one attached hydrogen (secondary N) is 4. The Morgan fingerprint density at radius 3 is 2.10 bits per heavy atom. The van der Waals surface area contributed by atoms with Crippen LogP contribution >= 0.6 is 0 Å². The van der Waals surface area contributed by atoms with Gasteiger partial charge in [-0.05, 0) is 88.1 Å². The largest absolute Gasteiger partial charge is 0.508 e. The van der Waals surface area contributed by atoms with E-state index in [2.05, 4.69) is 21.3 Å². The topological polar surface area (TPSA) is 269 Å². The van der Waals surface area contributed by atoms with E-state index in [4.69, 9.17) is 17.2 Å². The van der Waals surface area contributed by atoms with E-state index in [1.165, 1.54) is 12.1 Å². The summed E-state index contributed by atoms with van der Waals surface area (Å²) < 4.78 is 0. The van der Waals surface area contributed by atoms with E-state index in [9.17, 15) is 39.0 Å². The predicted molar refractivity (Wildman–Crippen MR) is 183 cm³/mol. The summed E-state index contributed by atoms with van der Waals surface area (Å²) >= 11 is 0. The number of hydrogen-bond acceptors (Lipinski definition) is 10. The summed E-state index contributed by atoms with van der Waals surface area (Å²) in [6.07, 6.45) is 4.56. The first-order valence-corrected chi connectivity index (χ1v) is 16.8. The van der Waals surface area contributed by atoms with Crippen LogP contribution in [-0.4, -0.2) is 88.9 Å². The van der Waals surface area contributed by atoms with Crippen molar-refractivity contribution in [3.63, 3.8) is 0 Å². The van der Waals surface area contributed by atoms with Crippen molar-refractivity contribution in [2.75, 3.05) is 13.1 Å². The van der Waals surface area contributed by atoms with Crippen molar-refractivity contribution in [3.05, 3.63) is 42.0 Å². The molecule has 272 valence electrons. The van der Waals surface area contributed by atoms with Gasteiger partial charge in [0.15, 0.2) is 5.78 Å². The van der Waals surface area contributed by atoms with Gasteiger partial charge in [0.05, 0.1) is 18.0 Å². The van der Waals surface area contributed by atoms with Crippen molar-refractivity contribution in [1.29, 1.82) is 0 Å². The molecular weight excluding hydrogens is 634 g/mol. The van der Waals surface area contributed by atoms with Crippen molar-refractivity contribution in [2.45, 2.75) is 102 Å². The van der Waals surface area contributed by atoms with Crippen molar-refractivity contribution < 1.29 is 39.0 Å². The molecule has 1 aromatic carbocycles. The first-order chi connectivity index (χ1) is 23.2. The van der Waals surface area contributed by atoms with E-state index in [0.717, 1.165) is 0 Å². The number of amides is 4. The zero-order chi connectivity index (χ0) is 36.5. The number of ketones is 1. The van der Waals surface area contributed by atoms with Crippen molar-refractivity contribution >= 4 is 35.4 Å². The highest BCUT2D eigenvalue weighted by molar-refractivity contribution is 5.96. The molecule has 0 fully saturated rings. The first-order valence-electron chi connectivity index (χ1n) is 16.8. The average molecular weight is 688 g/mol. The van der Waals surface area contributed by atoms with Gasteiger partial charge in [0.1, 0.15) is 23.9 Å². The molecule has 4 amide bonds. The van der Waals surface area contributed by atoms with Crippen LogP contribution in [0.5, 0.6) is 5.75 Å². The molecule has 1 aliphatic heterocycles. The van der Waals surface area contributed by atoms with E-state index >= 15 is 0 Å². The Morgan fingerprint density at radius 1 is 0.878 bits per heavy atom. The molecule has 0 aliphatic carbocycles. The van der Waals surface area contributed by atoms with E-state index in [1.807, 2.05) is 13.8 Å². The number of Topliss-reactive ketones (excluding diaryl/α,β-unsaturated/α-hetero) is 1. The van der Waals surface area contributed by atoms with Gasteiger partial charge in [0.25, 0.3) is 0 Å². The second-order valence-electron chi connectivity index (χ2n) is 12.9. The highest BCUT2D eigenvalue weighted by Gasteiger charge is 2.33. The number of nitrogens with two attached hydrogens (primary N) is 3. The summed E-state index contributed by atoms with van der Waals surface area (Å²) in [5.41, 5.74) is 18.0. The fraction of sp³-hybridized carbons (Fsp3) is 0.588. The van der Waals surface area contributed by atoms with Crippen molar-refractivity contribution in [2.24, 2.45) is 29.0 Å². The van der Waals surface area contributed by atoms with E-state index in [1.54, 1.807) is 24.3 Å². The van der Waals surface area contributed by atoms with Crippen LogP contribution in [0.25, 0.3) is 0 Å². The average Bonchev–Trinajstić information content (AvgIpc) is 3.04. The second kappa shape index (κ2) is 20.9. The molecule has 0 aromatic heterocycles. The number of phenolic OH excluding ortho intramolecular Hbond substituents is 1. The number of unbranched alkanes of at least 4 members (excludes halogenated alkanes) is 1. The fourth-order valence-corrected chi connectivity index (χ4v) is 5.45. The molecular formula is C34H53N7O8. The molecule has 6 atom stereocenters. The van der Waals surface area contributed by atoms with Crippen LogP contribution in [0.2, 0.25) is 0 Å². The van der Waals surface area contributed by atoms with Gasteiger partial charge in [-0.25, -0.2) is 0 Å². The summed E-state index contributed by atoms with van der Waals surface area (Å²) in [4.78, 5) is 79.0. The van der Waals surface area contributed by atoms with Crippen LogP contribution in [0.15, 0.2) is 36.4 Å². The molecule has 1 heterocycles. The van der Waals surface area contributed by atoms with Gasteiger partial charge in [-0.2, -0.15) is 0 Å². The lowest BCUT2D eigenvalue weighted by Gasteiger charge is -2.27. The van der Waals surface area contributed by atoms with Crippen LogP contribution in [-0.2, 0) is 35.2 Å². The van der Waals surface area contributed by atoms with Gasteiger partial charge in [0, 0.05) is 6.42 Å². The standard InChI is InChI=1S/C34H53N7O8/c1-20(2)17-22(34(48)49)19-29(43)28(18-21-10-12-23(42)13-11-21)41-32(46)26-8-4-3-7-24(37)30(44)38-25(9-5-6-15-35)31(45)40-27(14-16-36)33(47)39-26/h3-4,10-13,20,22,24-28,42H,5-9,14-19,35-37H2,1-2H3,(H,38,44)(H,39,47)(H,40,45)(H,41,46)(H,48,49)/t22-,24+,25+,26+,27+,28+/m1/s1. The number of carboxylic acid groups (broad SMARTS) is 1. The van der Waals surface area contributed by atoms with Gasteiger partial charge >= 0.3 is 5.97 Å². The van der Waals surface area contributed by atoms with E-state index < -0.39 is 71.5 Å². The lowest BCUT2D eigenvalue weighted by molar-refractivity contribution is -0.144. The maximum Gasteiger partial charge on any atom is 0.306 e. The van der Waals surface area contributed by atoms with Crippen LogP contribution in [0.4, 0.5) is 0 Å². The molecule has 15 nitrogen and oxygen atoms in total. The Balaban J connectivity index is 2.40. The molecule has 1 aliphatic rings. The first kappa shape index (κ1) is 40.8. The molecule has 12 N–H and O–H groups in total. The summed E-state index contributed by atoms with van der Waals surface area (Å²) in [6, 6.07) is 0.510. The number of phenols is 1. The van der Waals surface area contributed by atoms with Gasteiger partial charge in [0.2, 0.25) is 23.6 Å². The fourth-order valence-electron chi connectivity index (χ4n) is 5.45. The third-order valence-electron chi connectivity index (χ3n) is 8.20. The zero-order valence-corrected chi connectivity index (χ0v) is 28.4. The highest BCUT2D eigenvalue weighted by Crippen LogP contribution is 2.19. The van der Waals surface area contributed by atoms with Crippen molar-refractivity contribution in [1.82, 2.24) is 21.3 Å². The quantitative estimate of drug-likeness (QED) is 0.0807. The normalized spacial score (nSPS) is 21.9. The maximum absolute atomic E-state index is 13.8. The number of hydrogen-bond donors (Lipinski definition) is 9. The molecule has 0 saturated carbocycles. The van der Waals surface area contributed by atoms with Gasteiger partial charge in [-0.1, -0.05) is 38.1 Å². The van der Waals surface area contributed by atoms with Crippen LogP contribution in [0.3, 0.4) is 0 Å². The minimum absolute atomic E-state index is 0.00323. The molecule has 1 aromatic rings. The molecule has 2 rings (SSSR count). The summed E-state index contributed by atoms with van der Waals surface area (Å²) in [5, 5.41) is 30.2.